The molecule has 0 aliphatic carbocycles. The third-order valence-corrected chi connectivity index (χ3v) is 7.47. The van der Waals surface area contributed by atoms with E-state index in [1.165, 1.54) is 12.5 Å². The van der Waals surface area contributed by atoms with E-state index in [0.29, 0.717) is 55.0 Å². The van der Waals surface area contributed by atoms with Gasteiger partial charge in [-0.15, -0.1) is 0 Å². The minimum absolute atomic E-state index is 0.0300. The quantitative estimate of drug-likeness (QED) is 0.712. The van der Waals surface area contributed by atoms with Gasteiger partial charge in [0.05, 0.1) is 11.9 Å². The van der Waals surface area contributed by atoms with Crippen LogP contribution in [0.3, 0.4) is 0 Å². The Labute approximate surface area is 183 Å². The lowest BCUT2D eigenvalue weighted by atomic mass is 9.93. The molecule has 2 aromatic heterocycles. The highest BCUT2D eigenvalue weighted by molar-refractivity contribution is 7.90. The SMILES string of the molecule is Cc1ccc(C(=O)N2CCC(c3nc(N4CCC(C)CC4)ncc3S(C)(=O)=O)CC2)o1. The van der Waals surface area contributed by atoms with Crippen molar-refractivity contribution in [3.05, 3.63) is 35.5 Å². The Balaban J connectivity index is 1.54. The van der Waals surface area contributed by atoms with E-state index in [2.05, 4.69) is 16.8 Å². The van der Waals surface area contributed by atoms with Crippen molar-refractivity contribution >= 4 is 21.7 Å². The van der Waals surface area contributed by atoms with E-state index in [9.17, 15) is 13.2 Å². The molecule has 2 aromatic rings. The second-order valence-corrected chi connectivity index (χ2v) is 10.8. The van der Waals surface area contributed by atoms with Gasteiger partial charge in [-0.05, 0) is 50.7 Å². The summed E-state index contributed by atoms with van der Waals surface area (Å²) in [5.41, 5.74) is 0.590. The Morgan fingerprint density at radius 1 is 1.10 bits per heavy atom. The number of carbonyl (C=O) groups excluding carboxylic acids is 1. The van der Waals surface area contributed by atoms with Crippen LogP contribution in [0, 0.1) is 12.8 Å². The molecule has 0 N–H and O–H groups in total. The maximum Gasteiger partial charge on any atom is 0.289 e. The molecule has 9 heteroatoms. The van der Waals surface area contributed by atoms with E-state index in [1.54, 1.807) is 17.0 Å². The van der Waals surface area contributed by atoms with Crippen LogP contribution in [0.25, 0.3) is 0 Å². The van der Waals surface area contributed by atoms with Crippen LogP contribution < -0.4 is 4.90 Å². The van der Waals surface area contributed by atoms with Crippen LogP contribution >= 0.6 is 0 Å². The first-order valence-electron chi connectivity index (χ1n) is 10.9. The van der Waals surface area contributed by atoms with Gasteiger partial charge in [-0.2, -0.15) is 0 Å². The fourth-order valence-electron chi connectivity index (χ4n) is 4.37. The minimum atomic E-state index is -3.45. The number of carbonyl (C=O) groups is 1. The van der Waals surface area contributed by atoms with Gasteiger partial charge in [0.2, 0.25) is 5.95 Å². The van der Waals surface area contributed by atoms with Gasteiger partial charge in [-0.25, -0.2) is 18.4 Å². The molecule has 0 atom stereocenters. The lowest BCUT2D eigenvalue weighted by molar-refractivity contribution is 0.0677. The van der Waals surface area contributed by atoms with Crippen LogP contribution in [-0.4, -0.2) is 61.6 Å². The fraction of sp³-hybridized carbons (Fsp3) is 0.591. The number of anilines is 1. The molecule has 2 saturated heterocycles. The van der Waals surface area contributed by atoms with Crippen LogP contribution in [0.4, 0.5) is 5.95 Å². The maximum absolute atomic E-state index is 12.7. The first kappa shape index (κ1) is 21.8. The van der Waals surface area contributed by atoms with Crippen molar-refractivity contribution in [2.45, 2.75) is 50.3 Å². The molecule has 8 nitrogen and oxygen atoms in total. The zero-order chi connectivity index (χ0) is 22.2. The number of aryl methyl sites for hydroxylation is 1. The molecule has 0 radical (unpaired) electrons. The Bertz CT molecular complexity index is 1050. The highest BCUT2D eigenvalue weighted by Crippen LogP contribution is 2.33. The summed E-state index contributed by atoms with van der Waals surface area (Å²) in [6, 6.07) is 3.48. The molecular formula is C22H30N4O4S. The van der Waals surface area contributed by atoms with Gasteiger partial charge in [0.1, 0.15) is 10.7 Å². The van der Waals surface area contributed by atoms with Crippen LogP contribution in [0.15, 0.2) is 27.6 Å². The molecule has 0 unspecified atom stereocenters. The lowest BCUT2D eigenvalue weighted by Crippen LogP contribution is -2.38. The van der Waals surface area contributed by atoms with E-state index in [-0.39, 0.29) is 16.7 Å². The molecule has 0 spiro atoms. The number of amides is 1. The van der Waals surface area contributed by atoms with Crippen molar-refractivity contribution in [1.82, 2.24) is 14.9 Å². The molecule has 0 aromatic carbocycles. The van der Waals surface area contributed by atoms with E-state index >= 15 is 0 Å². The summed E-state index contributed by atoms with van der Waals surface area (Å²) in [7, 11) is -3.45. The molecule has 4 heterocycles. The van der Waals surface area contributed by atoms with E-state index in [4.69, 9.17) is 9.40 Å². The summed E-state index contributed by atoms with van der Waals surface area (Å²) in [4.78, 5) is 25.9. The van der Waals surface area contributed by atoms with Crippen LogP contribution in [-0.2, 0) is 9.84 Å². The predicted molar refractivity (Wildman–Crippen MR) is 117 cm³/mol. The standard InChI is InChI=1S/C22H30N4O4S/c1-15-6-10-26(11-7-15)22-23-14-19(31(3,28)29)20(24-22)17-8-12-25(13-9-17)21(27)18-5-4-16(2)30-18/h4-5,14-15,17H,6-13H2,1-3H3. The fourth-order valence-corrected chi connectivity index (χ4v) is 5.21. The highest BCUT2D eigenvalue weighted by atomic mass is 32.2. The van der Waals surface area contributed by atoms with Crippen LogP contribution in [0.5, 0.6) is 0 Å². The first-order valence-corrected chi connectivity index (χ1v) is 12.8. The molecule has 1 amide bonds. The number of hydrogen-bond donors (Lipinski definition) is 0. The zero-order valence-corrected chi connectivity index (χ0v) is 19.2. The number of piperidine rings is 2. The number of nitrogens with zero attached hydrogens (tertiary/aromatic N) is 4. The number of furan rings is 1. The maximum atomic E-state index is 12.7. The average Bonchev–Trinajstić information content (AvgIpc) is 3.19. The summed E-state index contributed by atoms with van der Waals surface area (Å²) < 4.78 is 30.3. The van der Waals surface area contributed by atoms with Crippen molar-refractivity contribution in [2.75, 3.05) is 37.3 Å². The van der Waals surface area contributed by atoms with E-state index < -0.39 is 9.84 Å². The number of rotatable bonds is 4. The molecule has 2 fully saturated rings. The lowest BCUT2D eigenvalue weighted by Gasteiger charge is -2.33. The number of likely N-dealkylation sites (tertiary alicyclic amines) is 1. The highest BCUT2D eigenvalue weighted by Gasteiger charge is 2.31. The first-order chi connectivity index (χ1) is 14.7. The molecule has 168 valence electrons. The van der Waals surface area contributed by atoms with E-state index in [0.717, 1.165) is 25.9 Å². The summed E-state index contributed by atoms with van der Waals surface area (Å²) >= 11 is 0. The van der Waals surface area contributed by atoms with Crippen molar-refractivity contribution in [3.8, 4) is 0 Å². The monoisotopic (exact) mass is 446 g/mol. The summed E-state index contributed by atoms with van der Waals surface area (Å²) in [6.07, 6.45) is 6.14. The number of aromatic nitrogens is 2. The Kier molecular flexibility index (Phi) is 6.05. The van der Waals surface area contributed by atoms with Gasteiger partial charge in [-0.1, -0.05) is 6.92 Å². The molecule has 4 rings (SSSR count). The second-order valence-electron chi connectivity index (χ2n) is 8.84. The smallest absolute Gasteiger partial charge is 0.289 e. The zero-order valence-electron chi connectivity index (χ0n) is 18.4. The predicted octanol–water partition coefficient (Wildman–Crippen LogP) is 3.04. The largest absolute Gasteiger partial charge is 0.456 e. The molecule has 2 aliphatic heterocycles. The summed E-state index contributed by atoms with van der Waals surface area (Å²) in [6.45, 7) is 6.89. The van der Waals surface area contributed by atoms with Crippen LogP contribution in [0.1, 0.15) is 60.5 Å². The van der Waals surface area contributed by atoms with Crippen LogP contribution in [0.2, 0.25) is 0 Å². The van der Waals surface area contributed by atoms with Crippen molar-refractivity contribution in [3.63, 3.8) is 0 Å². The normalized spacial score (nSPS) is 19.1. The summed E-state index contributed by atoms with van der Waals surface area (Å²) in [5.74, 6) is 2.19. The van der Waals surface area contributed by atoms with Gasteiger partial charge in [0, 0.05) is 38.4 Å². The van der Waals surface area contributed by atoms with Gasteiger partial charge >= 0.3 is 0 Å². The van der Waals surface area contributed by atoms with Crippen molar-refractivity contribution in [1.29, 1.82) is 0 Å². The molecule has 2 aliphatic rings. The molecular weight excluding hydrogens is 416 g/mol. The second kappa shape index (κ2) is 8.61. The van der Waals surface area contributed by atoms with Gasteiger partial charge < -0.3 is 14.2 Å². The van der Waals surface area contributed by atoms with Gasteiger partial charge in [0.15, 0.2) is 15.6 Å². The Morgan fingerprint density at radius 3 is 2.35 bits per heavy atom. The Morgan fingerprint density at radius 2 is 1.77 bits per heavy atom. The average molecular weight is 447 g/mol. The number of sulfone groups is 1. The van der Waals surface area contributed by atoms with Gasteiger partial charge in [0.25, 0.3) is 5.91 Å². The molecule has 0 bridgehead atoms. The number of hydrogen-bond acceptors (Lipinski definition) is 7. The van der Waals surface area contributed by atoms with E-state index in [1.807, 2.05) is 6.92 Å². The third-order valence-electron chi connectivity index (χ3n) is 6.36. The molecule has 0 saturated carbocycles. The van der Waals surface area contributed by atoms with Crippen molar-refractivity contribution in [2.24, 2.45) is 5.92 Å². The third kappa shape index (κ3) is 4.76. The molecule has 31 heavy (non-hydrogen) atoms. The minimum Gasteiger partial charge on any atom is -0.456 e. The summed E-state index contributed by atoms with van der Waals surface area (Å²) in [5, 5.41) is 0. The topological polar surface area (TPSA) is 96.6 Å². The van der Waals surface area contributed by atoms with Crippen molar-refractivity contribution < 1.29 is 17.6 Å². The van der Waals surface area contributed by atoms with Gasteiger partial charge in [-0.3, -0.25) is 4.79 Å². The Hall–Kier alpha value is -2.42.